The number of nitrogens with zero attached hydrogens (tertiary/aromatic N) is 2. The number of carbonyl (C=O) groups is 2. The lowest BCUT2D eigenvalue weighted by Crippen LogP contribution is -2.28. The molecular weight excluding hydrogens is 303 g/mol. The van der Waals surface area contributed by atoms with Crippen LogP contribution in [0.25, 0.3) is 0 Å². The number of carbonyl (C=O) groups excluding carboxylic acids is 2. The van der Waals surface area contributed by atoms with Crippen LogP contribution in [0.2, 0.25) is 0 Å². The van der Waals surface area contributed by atoms with E-state index in [1.807, 2.05) is 0 Å². The molecule has 0 bridgehead atoms. The van der Waals surface area contributed by atoms with Crippen LogP contribution in [0.1, 0.15) is 23.7 Å². The third kappa shape index (κ3) is 3.81. The highest BCUT2D eigenvalue weighted by Gasteiger charge is 2.32. The number of hydrogen-bond acceptors (Lipinski definition) is 7. The van der Waals surface area contributed by atoms with Crippen molar-refractivity contribution in [1.82, 2.24) is 0 Å². The quantitative estimate of drug-likeness (QED) is 0.247. The SMILES string of the molecule is CCCOC(=O)C(F)C(=O)c1ccc([N+](=O)[O-])c([N+](=O)[O-])c1. The lowest BCUT2D eigenvalue weighted by atomic mass is 10.1. The molecule has 1 unspecified atom stereocenters. The number of rotatable bonds is 7. The maximum absolute atomic E-state index is 13.7. The predicted molar refractivity (Wildman–Crippen MR) is 70.2 cm³/mol. The molecule has 1 aromatic carbocycles. The molecule has 0 amide bonds. The summed E-state index contributed by atoms with van der Waals surface area (Å²) in [6.45, 7) is 1.59. The van der Waals surface area contributed by atoms with E-state index in [-0.39, 0.29) is 6.61 Å². The fourth-order valence-electron chi connectivity index (χ4n) is 1.51. The summed E-state index contributed by atoms with van der Waals surface area (Å²) in [7, 11) is 0. The summed E-state index contributed by atoms with van der Waals surface area (Å²) in [4.78, 5) is 42.3. The van der Waals surface area contributed by atoms with Crippen LogP contribution in [0.15, 0.2) is 18.2 Å². The molecule has 0 spiro atoms. The van der Waals surface area contributed by atoms with Gasteiger partial charge in [-0.25, -0.2) is 9.18 Å². The van der Waals surface area contributed by atoms with Gasteiger partial charge in [0.1, 0.15) is 0 Å². The van der Waals surface area contributed by atoms with E-state index >= 15 is 0 Å². The Balaban J connectivity index is 3.09. The summed E-state index contributed by atoms with van der Waals surface area (Å²) in [5, 5.41) is 21.4. The van der Waals surface area contributed by atoms with E-state index in [0.717, 1.165) is 6.07 Å². The minimum Gasteiger partial charge on any atom is -0.463 e. The van der Waals surface area contributed by atoms with Crippen LogP contribution in [-0.2, 0) is 9.53 Å². The topological polar surface area (TPSA) is 130 Å². The molecule has 0 saturated carbocycles. The summed E-state index contributed by atoms with van der Waals surface area (Å²) in [5.41, 5.74) is -2.34. The Kier molecular flexibility index (Phi) is 5.61. The molecule has 0 aliphatic heterocycles. The third-order valence-electron chi connectivity index (χ3n) is 2.54. The van der Waals surface area contributed by atoms with Gasteiger partial charge >= 0.3 is 17.3 Å². The zero-order valence-electron chi connectivity index (χ0n) is 11.4. The van der Waals surface area contributed by atoms with E-state index < -0.39 is 44.7 Å². The lowest BCUT2D eigenvalue weighted by molar-refractivity contribution is -0.422. The van der Waals surface area contributed by atoms with Crippen LogP contribution < -0.4 is 0 Å². The summed E-state index contributed by atoms with van der Waals surface area (Å²) in [6.07, 6.45) is -2.22. The van der Waals surface area contributed by atoms with Crippen molar-refractivity contribution >= 4 is 23.1 Å². The average molecular weight is 314 g/mol. The van der Waals surface area contributed by atoms with Gasteiger partial charge in [-0.1, -0.05) is 6.92 Å². The third-order valence-corrected chi connectivity index (χ3v) is 2.54. The molecule has 22 heavy (non-hydrogen) atoms. The lowest BCUT2D eigenvalue weighted by Gasteiger charge is -2.07. The van der Waals surface area contributed by atoms with Crippen LogP contribution in [0.4, 0.5) is 15.8 Å². The first kappa shape index (κ1) is 17.1. The molecule has 1 aromatic rings. The second-order valence-electron chi connectivity index (χ2n) is 4.11. The number of esters is 1. The second-order valence-corrected chi connectivity index (χ2v) is 4.11. The van der Waals surface area contributed by atoms with E-state index in [1.165, 1.54) is 0 Å². The van der Waals surface area contributed by atoms with Crippen molar-refractivity contribution in [3.63, 3.8) is 0 Å². The fraction of sp³-hybridized carbons (Fsp3) is 0.333. The summed E-state index contributed by atoms with van der Waals surface area (Å²) < 4.78 is 18.1. The van der Waals surface area contributed by atoms with Gasteiger partial charge in [0, 0.05) is 17.7 Å². The zero-order chi connectivity index (χ0) is 16.9. The van der Waals surface area contributed by atoms with Crippen LogP contribution in [-0.4, -0.2) is 34.4 Å². The number of ether oxygens (including phenoxy) is 1. The maximum Gasteiger partial charge on any atom is 0.349 e. The highest BCUT2D eigenvalue weighted by atomic mass is 19.1. The Labute approximate surface area is 123 Å². The van der Waals surface area contributed by atoms with Crippen molar-refractivity contribution in [2.75, 3.05) is 6.61 Å². The van der Waals surface area contributed by atoms with Crippen molar-refractivity contribution in [2.24, 2.45) is 0 Å². The molecule has 0 N–H and O–H groups in total. The number of benzene rings is 1. The van der Waals surface area contributed by atoms with Crippen LogP contribution in [0, 0.1) is 20.2 Å². The van der Waals surface area contributed by atoms with E-state index in [9.17, 15) is 34.2 Å². The molecule has 0 heterocycles. The fourth-order valence-corrected chi connectivity index (χ4v) is 1.51. The minimum absolute atomic E-state index is 0.0764. The van der Waals surface area contributed by atoms with Crippen molar-refractivity contribution < 1.29 is 28.6 Å². The smallest absolute Gasteiger partial charge is 0.349 e. The van der Waals surface area contributed by atoms with Gasteiger partial charge in [-0.05, 0) is 12.5 Å². The minimum atomic E-state index is -2.65. The number of hydrogen-bond donors (Lipinski definition) is 0. The summed E-state index contributed by atoms with van der Waals surface area (Å²) in [5.74, 6) is -2.77. The largest absolute Gasteiger partial charge is 0.463 e. The highest BCUT2D eigenvalue weighted by Crippen LogP contribution is 2.28. The summed E-state index contributed by atoms with van der Waals surface area (Å²) in [6, 6.07) is 2.10. The standard InChI is InChI=1S/C12H11FN2O7/c1-2-5-22-12(17)10(13)11(16)7-3-4-8(14(18)19)9(6-7)15(20)21/h3-4,6,10H,2,5H2,1H3. The van der Waals surface area contributed by atoms with Gasteiger partial charge in [0.25, 0.3) is 6.17 Å². The molecule has 1 rings (SSSR count). The molecule has 0 aliphatic carbocycles. The van der Waals surface area contributed by atoms with Crippen molar-refractivity contribution in [3.8, 4) is 0 Å². The van der Waals surface area contributed by atoms with Gasteiger partial charge in [-0.2, -0.15) is 0 Å². The second kappa shape index (κ2) is 7.20. The molecule has 0 fully saturated rings. The average Bonchev–Trinajstić information content (AvgIpc) is 2.50. The Morgan fingerprint density at radius 2 is 1.82 bits per heavy atom. The van der Waals surface area contributed by atoms with Crippen LogP contribution in [0.3, 0.4) is 0 Å². The van der Waals surface area contributed by atoms with Gasteiger partial charge in [-0.15, -0.1) is 0 Å². The predicted octanol–water partition coefficient (Wildman–Crippen LogP) is 1.98. The monoisotopic (exact) mass is 314 g/mol. The molecule has 118 valence electrons. The molecule has 0 saturated heterocycles. The molecule has 0 aromatic heterocycles. The van der Waals surface area contributed by atoms with Gasteiger partial charge in [0.05, 0.1) is 16.5 Å². The number of alkyl halides is 1. The van der Waals surface area contributed by atoms with E-state index in [1.54, 1.807) is 6.92 Å². The maximum atomic E-state index is 13.7. The van der Waals surface area contributed by atoms with E-state index in [2.05, 4.69) is 4.74 Å². The van der Waals surface area contributed by atoms with Gasteiger partial charge < -0.3 is 4.74 Å². The van der Waals surface area contributed by atoms with Crippen molar-refractivity contribution in [1.29, 1.82) is 0 Å². The number of Topliss-reactive ketones (excluding diaryl/α,β-unsaturated/α-hetero) is 1. The normalized spacial score (nSPS) is 11.5. The van der Waals surface area contributed by atoms with Crippen LogP contribution in [0.5, 0.6) is 0 Å². The zero-order valence-corrected chi connectivity index (χ0v) is 11.4. The van der Waals surface area contributed by atoms with Crippen molar-refractivity contribution in [2.45, 2.75) is 19.5 Å². The summed E-state index contributed by atoms with van der Waals surface area (Å²) >= 11 is 0. The van der Waals surface area contributed by atoms with E-state index in [4.69, 9.17) is 0 Å². The molecule has 9 nitrogen and oxygen atoms in total. The number of halogens is 1. The molecule has 0 radical (unpaired) electrons. The highest BCUT2D eigenvalue weighted by molar-refractivity contribution is 6.11. The number of ketones is 1. The number of nitro groups is 2. The Bertz CT molecular complexity index is 632. The molecular formula is C12H11FN2O7. The molecule has 1 atom stereocenters. The Hall–Kier alpha value is -2.91. The first-order chi connectivity index (χ1) is 10.3. The van der Waals surface area contributed by atoms with Crippen molar-refractivity contribution in [3.05, 3.63) is 44.0 Å². The Morgan fingerprint density at radius 1 is 1.23 bits per heavy atom. The van der Waals surface area contributed by atoms with Gasteiger partial charge in [0.2, 0.25) is 5.78 Å². The van der Waals surface area contributed by atoms with E-state index in [0.29, 0.717) is 18.6 Å². The van der Waals surface area contributed by atoms with Gasteiger partial charge in [0.15, 0.2) is 0 Å². The number of nitro benzene ring substituents is 2. The van der Waals surface area contributed by atoms with Crippen LogP contribution >= 0.6 is 0 Å². The molecule has 10 heteroatoms. The first-order valence-electron chi connectivity index (χ1n) is 6.07. The van der Waals surface area contributed by atoms with Gasteiger partial charge in [-0.3, -0.25) is 25.0 Å². The first-order valence-corrected chi connectivity index (χ1v) is 6.07. The Morgan fingerprint density at radius 3 is 2.32 bits per heavy atom. The molecule has 0 aliphatic rings.